The second-order valence-corrected chi connectivity index (χ2v) is 6.01. The van der Waals surface area contributed by atoms with Crippen LogP contribution >= 0.6 is 0 Å². The van der Waals surface area contributed by atoms with Crippen molar-refractivity contribution in [2.75, 3.05) is 14.2 Å². The molecule has 0 amide bonds. The van der Waals surface area contributed by atoms with Gasteiger partial charge in [-0.15, -0.1) is 0 Å². The highest BCUT2D eigenvalue weighted by atomic mass is 17.2. The van der Waals surface area contributed by atoms with E-state index in [9.17, 15) is 4.79 Å². The van der Waals surface area contributed by atoms with E-state index in [-0.39, 0.29) is 18.6 Å². The van der Waals surface area contributed by atoms with E-state index in [1.54, 1.807) is 7.11 Å². The summed E-state index contributed by atoms with van der Waals surface area (Å²) in [5.41, 5.74) is 1.44. The Morgan fingerprint density at radius 3 is 2.80 bits per heavy atom. The van der Waals surface area contributed by atoms with Gasteiger partial charge in [0.2, 0.25) is 0 Å². The van der Waals surface area contributed by atoms with Crippen LogP contribution in [0.1, 0.15) is 25.0 Å². The molecule has 1 heterocycles. The van der Waals surface area contributed by atoms with Crippen molar-refractivity contribution < 1.29 is 29.1 Å². The first-order valence-corrected chi connectivity index (χ1v) is 8.13. The van der Waals surface area contributed by atoms with E-state index in [4.69, 9.17) is 19.5 Å². The van der Waals surface area contributed by atoms with E-state index in [0.717, 1.165) is 23.0 Å². The lowest BCUT2D eigenvalue weighted by molar-refractivity contribution is -0.282. The van der Waals surface area contributed by atoms with Crippen LogP contribution in [-0.2, 0) is 21.2 Å². The van der Waals surface area contributed by atoms with Gasteiger partial charge >= 0.3 is 5.97 Å². The van der Waals surface area contributed by atoms with Crippen LogP contribution in [0.15, 0.2) is 24.3 Å². The summed E-state index contributed by atoms with van der Waals surface area (Å²) in [6.07, 6.45) is 1.76. The number of methoxy groups -OCH3 is 1. The first-order valence-electron chi connectivity index (χ1n) is 8.13. The zero-order chi connectivity index (χ0) is 17.8. The number of aromatic nitrogens is 1. The van der Waals surface area contributed by atoms with Gasteiger partial charge in [0.25, 0.3) is 0 Å². The van der Waals surface area contributed by atoms with E-state index in [1.807, 2.05) is 24.3 Å². The molecule has 7 heteroatoms. The summed E-state index contributed by atoms with van der Waals surface area (Å²) >= 11 is 0. The molecule has 1 aromatic heterocycles. The smallest absolute Gasteiger partial charge is 0.306 e. The van der Waals surface area contributed by atoms with Crippen LogP contribution in [0, 0.1) is 5.92 Å². The Bertz CT molecular complexity index is 763. The van der Waals surface area contributed by atoms with E-state index >= 15 is 0 Å². The maximum Gasteiger partial charge on any atom is 0.306 e. The molecule has 1 aliphatic carbocycles. The van der Waals surface area contributed by atoms with Crippen molar-refractivity contribution in [3.63, 3.8) is 0 Å². The molecule has 134 valence electrons. The van der Waals surface area contributed by atoms with Crippen molar-refractivity contribution in [2.45, 2.75) is 32.0 Å². The summed E-state index contributed by atoms with van der Waals surface area (Å²) in [4.78, 5) is 25.2. The lowest BCUT2D eigenvalue weighted by Crippen LogP contribution is -2.15. The molecule has 7 nitrogen and oxygen atoms in total. The lowest BCUT2D eigenvalue weighted by Gasteiger charge is -2.16. The molecule has 2 atom stereocenters. The predicted molar refractivity (Wildman–Crippen MR) is 89.5 cm³/mol. The molecule has 1 N–H and O–H groups in total. The van der Waals surface area contributed by atoms with Crippen LogP contribution in [0.2, 0.25) is 0 Å². The quantitative estimate of drug-likeness (QED) is 0.608. The average molecular weight is 347 g/mol. The van der Waals surface area contributed by atoms with Gasteiger partial charge in [-0.25, -0.2) is 14.8 Å². The predicted octanol–water partition coefficient (Wildman–Crippen LogP) is 2.95. The molecular formula is C18H21NO6. The molecule has 3 rings (SSSR count). The molecule has 0 spiro atoms. The fourth-order valence-electron chi connectivity index (χ4n) is 3.08. The van der Waals surface area contributed by atoms with E-state index < -0.39 is 5.97 Å². The van der Waals surface area contributed by atoms with Gasteiger partial charge in [-0.2, -0.15) is 0 Å². The number of carbonyl (C=O) groups is 1. The number of carboxylic acids is 1. The third-order valence-electron chi connectivity index (χ3n) is 4.39. The standard InChI is InChI=1S/C18H21NO6/c1-22-14-8-16-15(6-4-12(19-16)10-24-23-2)17(9-14)25-13-5-3-11(7-13)18(20)21/h4,6,8-9,11,13H,3,5,7,10H2,1-2H3,(H,20,21). The van der Waals surface area contributed by atoms with Crippen LogP contribution in [0.4, 0.5) is 0 Å². The second kappa shape index (κ2) is 7.67. The van der Waals surface area contributed by atoms with Gasteiger partial charge in [0.15, 0.2) is 0 Å². The van der Waals surface area contributed by atoms with E-state index in [2.05, 4.69) is 9.87 Å². The SMILES string of the molecule is COOCc1ccc2c(OC3CCC(C(=O)O)C3)cc(OC)cc2n1. The molecule has 2 unspecified atom stereocenters. The maximum atomic E-state index is 11.1. The first-order chi connectivity index (χ1) is 12.1. The highest BCUT2D eigenvalue weighted by molar-refractivity contribution is 5.87. The number of aliphatic carboxylic acids is 1. The van der Waals surface area contributed by atoms with Gasteiger partial charge in [0.1, 0.15) is 18.1 Å². The second-order valence-electron chi connectivity index (χ2n) is 6.01. The monoisotopic (exact) mass is 347 g/mol. The van der Waals surface area contributed by atoms with Crippen molar-refractivity contribution in [1.29, 1.82) is 0 Å². The number of benzene rings is 1. The molecule has 0 bridgehead atoms. The Labute approximate surface area is 145 Å². The molecule has 2 aromatic rings. The summed E-state index contributed by atoms with van der Waals surface area (Å²) < 4.78 is 11.4. The van der Waals surface area contributed by atoms with Crippen LogP contribution in [0.3, 0.4) is 0 Å². The fraction of sp³-hybridized carbons (Fsp3) is 0.444. The van der Waals surface area contributed by atoms with Crippen molar-refractivity contribution in [3.8, 4) is 11.5 Å². The molecule has 1 aromatic carbocycles. The Morgan fingerprint density at radius 1 is 1.28 bits per heavy atom. The number of rotatable bonds is 7. The Morgan fingerprint density at radius 2 is 2.12 bits per heavy atom. The minimum absolute atomic E-state index is 0.118. The number of nitrogens with zero attached hydrogens (tertiary/aromatic N) is 1. The summed E-state index contributed by atoms with van der Waals surface area (Å²) in [5, 5.41) is 9.99. The minimum atomic E-state index is -0.758. The average Bonchev–Trinajstić information content (AvgIpc) is 3.08. The van der Waals surface area contributed by atoms with Crippen LogP contribution in [0.5, 0.6) is 11.5 Å². The minimum Gasteiger partial charge on any atom is -0.497 e. The van der Waals surface area contributed by atoms with Gasteiger partial charge in [-0.1, -0.05) is 0 Å². The highest BCUT2D eigenvalue weighted by Crippen LogP contribution is 2.35. The number of ether oxygens (including phenoxy) is 2. The molecule has 25 heavy (non-hydrogen) atoms. The number of pyridine rings is 1. The van der Waals surface area contributed by atoms with Crippen LogP contribution in [-0.4, -0.2) is 36.4 Å². The normalized spacial score (nSPS) is 19.9. The van der Waals surface area contributed by atoms with Gasteiger partial charge in [-0.3, -0.25) is 4.79 Å². The maximum absolute atomic E-state index is 11.1. The summed E-state index contributed by atoms with van der Waals surface area (Å²) in [7, 11) is 3.03. The Hall–Kier alpha value is -2.38. The zero-order valence-electron chi connectivity index (χ0n) is 14.2. The number of hydrogen-bond donors (Lipinski definition) is 1. The van der Waals surface area contributed by atoms with Crippen LogP contribution in [0.25, 0.3) is 10.9 Å². The summed E-state index contributed by atoms with van der Waals surface area (Å²) in [5.74, 6) is 0.188. The molecular weight excluding hydrogens is 326 g/mol. The number of carboxylic acid groups (broad SMARTS) is 1. The summed E-state index contributed by atoms with van der Waals surface area (Å²) in [6, 6.07) is 7.39. The van der Waals surface area contributed by atoms with Crippen molar-refractivity contribution in [1.82, 2.24) is 4.98 Å². The topological polar surface area (TPSA) is 87.1 Å². The lowest BCUT2D eigenvalue weighted by atomic mass is 10.1. The van der Waals surface area contributed by atoms with Gasteiger partial charge < -0.3 is 14.6 Å². The fourth-order valence-corrected chi connectivity index (χ4v) is 3.08. The summed E-state index contributed by atoms with van der Waals surface area (Å²) in [6.45, 7) is 0.239. The molecule has 1 saturated carbocycles. The van der Waals surface area contributed by atoms with Gasteiger partial charge in [0, 0.05) is 17.5 Å². The van der Waals surface area contributed by atoms with Gasteiger partial charge in [0.05, 0.1) is 37.5 Å². The molecule has 0 radical (unpaired) electrons. The zero-order valence-corrected chi connectivity index (χ0v) is 14.2. The largest absolute Gasteiger partial charge is 0.497 e. The van der Waals surface area contributed by atoms with Crippen molar-refractivity contribution in [3.05, 3.63) is 30.0 Å². The highest BCUT2D eigenvalue weighted by Gasteiger charge is 2.31. The van der Waals surface area contributed by atoms with E-state index in [0.29, 0.717) is 24.3 Å². The molecule has 1 fully saturated rings. The number of hydrogen-bond acceptors (Lipinski definition) is 6. The molecule has 0 aliphatic heterocycles. The number of fused-ring (bicyclic) bond motifs is 1. The van der Waals surface area contributed by atoms with Crippen molar-refractivity contribution >= 4 is 16.9 Å². The Balaban J connectivity index is 1.87. The van der Waals surface area contributed by atoms with Crippen molar-refractivity contribution in [2.24, 2.45) is 5.92 Å². The van der Waals surface area contributed by atoms with E-state index in [1.165, 1.54) is 7.11 Å². The van der Waals surface area contributed by atoms with Crippen LogP contribution < -0.4 is 9.47 Å². The van der Waals surface area contributed by atoms with Gasteiger partial charge in [-0.05, 0) is 31.4 Å². The third-order valence-corrected chi connectivity index (χ3v) is 4.39. The molecule has 1 aliphatic rings. The molecule has 0 saturated heterocycles. The first kappa shape index (κ1) is 17.4. The third kappa shape index (κ3) is 4.00. The Kier molecular flexibility index (Phi) is 5.35.